The highest BCUT2D eigenvalue weighted by atomic mass is 35.5. The van der Waals surface area contributed by atoms with Crippen molar-refractivity contribution in [3.05, 3.63) is 78.3 Å². The van der Waals surface area contributed by atoms with E-state index in [0.29, 0.717) is 6.07 Å². The highest BCUT2D eigenvalue weighted by Gasteiger charge is 2.39. The molecule has 3 aromatic rings. The molecule has 0 amide bonds. The number of hydrogen-bond donors (Lipinski definition) is 2. The molecule has 0 aliphatic heterocycles. The molecule has 1 aromatic carbocycles. The maximum atomic E-state index is 13.6. The van der Waals surface area contributed by atoms with Crippen LogP contribution in [0, 0.1) is 11.3 Å². The number of benzene rings is 1. The van der Waals surface area contributed by atoms with E-state index in [9.17, 15) is 31.5 Å². The monoisotopic (exact) mass is 473 g/mol. The molecule has 2 N–H and O–H groups in total. The highest BCUT2D eigenvalue weighted by molar-refractivity contribution is 6.29. The smallest absolute Gasteiger partial charge is 0.437 e. The SMILES string of the molecule is N#Cc1cc(Oc2c(C(F)(F)F)nc(Cc3cc(Cl)n[nH]c3=O)[nH]c2=O)cc(C(F)F)c1. The maximum absolute atomic E-state index is 13.6. The van der Waals surface area contributed by atoms with Gasteiger partial charge in [-0.1, -0.05) is 11.6 Å². The van der Waals surface area contributed by atoms with E-state index in [-0.39, 0.29) is 16.3 Å². The molecule has 0 unspecified atom stereocenters. The van der Waals surface area contributed by atoms with Crippen molar-refractivity contribution < 1.29 is 26.7 Å². The second-order valence-electron chi connectivity index (χ2n) is 6.22. The van der Waals surface area contributed by atoms with Crippen molar-refractivity contribution in [3.63, 3.8) is 0 Å². The van der Waals surface area contributed by atoms with Crippen LogP contribution in [0.25, 0.3) is 0 Å². The van der Waals surface area contributed by atoms with Crippen LogP contribution < -0.4 is 15.9 Å². The summed E-state index contributed by atoms with van der Waals surface area (Å²) in [5.74, 6) is -2.46. The Morgan fingerprint density at radius 3 is 2.50 bits per heavy atom. The first-order valence-corrected chi connectivity index (χ1v) is 8.81. The van der Waals surface area contributed by atoms with Crippen molar-refractivity contribution in [1.29, 1.82) is 5.26 Å². The number of alkyl halides is 5. The molecule has 8 nitrogen and oxygen atoms in total. The maximum Gasteiger partial charge on any atom is 0.437 e. The molecule has 32 heavy (non-hydrogen) atoms. The van der Waals surface area contributed by atoms with Gasteiger partial charge >= 0.3 is 6.18 Å². The van der Waals surface area contributed by atoms with Crippen LogP contribution in [-0.2, 0) is 12.6 Å². The summed E-state index contributed by atoms with van der Waals surface area (Å²) in [6.45, 7) is 0. The van der Waals surface area contributed by atoms with E-state index in [4.69, 9.17) is 21.6 Å². The molecule has 0 radical (unpaired) electrons. The number of hydrogen-bond acceptors (Lipinski definition) is 6. The third kappa shape index (κ3) is 5.09. The van der Waals surface area contributed by atoms with Crippen molar-refractivity contribution in [1.82, 2.24) is 20.2 Å². The molecule has 3 rings (SSSR count). The van der Waals surface area contributed by atoms with Gasteiger partial charge in [-0.25, -0.2) is 18.9 Å². The van der Waals surface area contributed by atoms with Crippen molar-refractivity contribution in [2.24, 2.45) is 0 Å². The third-order valence-corrected chi connectivity index (χ3v) is 4.13. The van der Waals surface area contributed by atoms with Crippen LogP contribution in [-0.4, -0.2) is 20.2 Å². The van der Waals surface area contributed by atoms with E-state index in [1.54, 1.807) is 6.07 Å². The van der Waals surface area contributed by atoms with Crippen LogP contribution in [0.1, 0.15) is 34.6 Å². The Morgan fingerprint density at radius 2 is 1.88 bits per heavy atom. The molecule has 0 aliphatic rings. The van der Waals surface area contributed by atoms with E-state index in [1.165, 1.54) is 0 Å². The standard InChI is InChI=1S/C18H9ClF5N5O3/c19-11-4-9(16(30)29-28-11)5-12-26-14(18(22,23)24)13(17(31)27-12)32-10-2-7(6-25)1-8(3-10)15(20)21/h1-4,15H,5H2,(H,29,30)(H,26,27,31). The van der Waals surface area contributed by atoms with Gasteiger partial charge in [0.15, 0.2) is 5.69 Å². The number of ether oxygens (including phenoxy) is 1. The Labute approximate surface area is 179 Å². The summed E-state index contributed by atoms with van der Waals surface area (Å²) in [7, 11) is 0. The first-order valence-electron chi connectivity index (χ1n) is 8.43. The summed E-state index contributed by atoms with van der Waals surface area (Å²) < 4.78 is 71.7. The van der Waals surface area contributed by atoms with Gasteiger partial charge in [0, 0.05) is 17.5 Å². The summed E-state index contributed by atoms with van der Waals surface area (Å²) >= 11 is 5.64. The molecule has 0 atom stereocenters. The fourth-order valence-corrected chi connectivity index (χ4v) is 2.77. The molecule has 14 heteroatoms. The highest BCUT2D eigenvalue weighted by Crippen LogP contribution is 2.35. The van der Waals surface area contributed by atoms with Crippen LogP contribution in [0.15, 0.2) is 33.9 Å². The molecule has 2 heterocycles. The minimum Gasteiger partial charge on any atom is -0.449 e. The zero-order valence-corrected chi connectivity index (χ0v) is 16.2. The predicted molar refractivity (Wildman–Crippen MR) is 98.7 cm³/mol. The van der Waals surface area contributed by atoms with E-state index >= 15 is 0 Å². The molecule has 0 aliphatic carbocycles. The Hall–Kier alpha value is -3.79. The van der Waals surface area contributed by atoms with Crippen LogP contribution in [0.2, 0.25) is 5.15 Å². The van der Waals surface area contributed by atoms with Gasteiger partial charge < -0.3 is 9.72 Å². The number of rotatable bonds is 5. The average molecular weight is 474 g/mol. The van der Waals surface area contributed by atoms with E-state index in [1.807, 2.05) is 10.1 Å². The number of halogens is 6. The number of nitriles is 1. The molecular formula is C18H9ClF5N5O3. The third-order valence-electron chi connectivity index (χ3n) is 3.93. The van der Waals surface area contributed by atoms with Gasteiger partial charge in [0.05, 0.1) is 11.6 Å². The Bertz CT molecular complexity index is 1330. The van der Waals surface area contributed by atoms with Crippen LogP contribution in [0.4, 0.5) is 22.0 Å². The van der Waals surface area contributed by atoms with Gasteiger partial charge in [0.1, 0.15) is 16.7 Å². The lowest BCUT2D eigenvalue weighted by atomic mass is 10.1. The van der Waals surface area contributed by atoms with E-state index in [0.717, 1.165) is 18.2 Å². The van der Waals surface area contributed by atoms with Gasteiger partial charge in [-0.3, -0.25) is 9.59 Å². The quantitative estimate of drug-likeness (QED) is 0.544. The molecule has 2 aromatic heterocycles. The van der Waals surface area contributed by atoms with E-state index in [2.05, 4.69) is 10.1 Å². The topological polar surface area (TPSA) is 125 Å². The average Bonchev–Trinajstić information content (AvgIpc) is 2.71. The minimum atomic E-state index is -5.18. The van der Waals surface area contributed by atoms with E-state index < -0.39 is 58.7 Å². The predicted octanol–water partition coefficient (Wildman–Crippen LogP) is 3.72. The summed E-state index contributed by atoms with van der Waals surface area (Å²) in [5.41, 5.74) is -5.05. The molecule has 0 fully saturated rings. The van der Waals surface area contributed by atoms with Crippen LogP contribution in [0.3, 0.4) is 0 Å². The lowest BCUT2D eigenvalue weighted by molar-refractivity contribution is -0.142. The minimum absolute atomic E-state index is 0.127. The zero-order valence-electron chi connectivity index (χ0n) is 15.4. The second-order valence-corrected chi connectivity index (χ2v) is 6.60. The first-order chi connectivity index (χ1) is 15.0. The molecule has 0 saturated carbocycles. The van der Waals surface area contributed by atoms with Crippen molar-refractivity contribution >= 4 is 11.6 Å². The number of nitrogens with zero attached hydrogens (tertiary/aromatic N) is 3. The first kappa shape index (κ1) is 22.9. The van der Waals surface area contributed by atoms with Crippen molar-refractivity contribution in [2.45, 2.75) is 19.0 Å². The Morgan fingerprint density at radius 1 is 1.16 bits per heavy atom. The lowest BCUT2D eigenvalue weighted by Gasteiger charge is -2.14. The van der Waals surface area contributed by atoms with Gasteiger partial charge in [-0.15, -0.1) is 0 Å². The molecular weight excluding hydrogens is 465 g/mol. The summed E-state index contributed by atoms with van der Waals surface area (Å²) in [6, 6.07) is 5.05. The van der Waals surface area contributed by atoms with Crippen LogP contribution in [0.5, 0.6) is 11.5 Å². The number of H-pyrrole nitrogens is 2. The number of nitrogens with one attached hydrogen (secondary N) is 2. The molecule has 0 saturated heterocycles. The number of aromatic amines is 2. The van der Waals surface area contributed by atoms with Crippen LogP contribution >= 0.6 is 11.6 Å². The molecule has 166 valence electrons. The summed E-state index contributed by atoms with van der Waals surface area (Å²) in [4.78, 5) is 29.5. The van der Waals surface area contributed by atoms with Gasteiger partial charge in [0.25, 0.3) is 17.5 Å². The van der Waals surface area contributed by atoms with Crippen molar-refractivity contribution in [3.8, 4) is 17.6 Å². The fourth-order valence-electron chi connectivity index (χ4n) is 2.60. The summed E-state index contributed by atoms with van der Waals surface area (Å²) in [6.07, 6.45) is -8.76. The zero-order chi connectivity index (χ0) is 23.6. The Kier molecular flexibility index (Phi) is 6.26. The van der Waals surface area contributed by atoms with Gasteiger partial charge in [0.2, 0.25) is 5.75 Å². The Balaban J connectivity index is 2.09. The van der Waals surface area contributed by atoms with Gasteiger partial charge in [-0.05, 0) is 24.3 Å². The largest absolute Gasteiger partial charge is 0.449 e. The summed E-state index contributed by atoms with van der Waals surface area (Å²) in [5, 5.41) is 14.2. The number of aromatic nitrogens is 4. The second kappa shape index (κ2) is 8.75. The molecule has 0 bridgehead atoms. The van der Waals surface area contributed by atoms with Gasteiger partial charge in [-0.2, -0.15) is 23.5 Å². The fraction of sp³-hybridized carbons (Fsp3) is 0.167. The molecule has 0 spiro atoms. The van der Waals surface area contributed by atoms with Crippen molar-refractivity contribution in [2.75, 3.05) is 0 Å². The normalized spacial score (nSPS) is 11.4. The lowest BCUT2D eigenvalue weighted by Crippen LogP contribution is -2.23.